The molecule has 1 fully saturated rings. The zero-order chi connectivity index (χ0) is 14.9. The van der Waals surface area contributed by atoms with Crippen molar-refractivity contribution in [3.8, 4) is 0 Å². The van der Waals surface area contributed by atoms with Crippen molar-refractivity contribution in [2.45, 2.75) is 27.2 Å². The number of nitrogens with one attached hydrogen (secondary N) is 1. The number of carbonyl (C=O) groups is 3. The Balaban J connectivity index is 2.35. The van der Waals surface area contributed by atoms with E-state index in [-0.39, 0.29) is 5.92 Å². The number of hydrogen-bond donors (Lipinski definition) is 1. The number of urea groups is 1. The smallest absolute Gasteiger partial charge is 0.277 e. The largest absolute Gasteiger partial charge is 0.335 e. The number of hydrogen-bond acceptors (Lipinski definition) is 3. The van der Waals surface area contributed by atoms with Gasteiger partial charge in [-0.15, -0.1) is 0 Å². The molecule has 1 saturated heterocycles. The van der Waals surface area contributed by atoms with Crippen LogP contribution in [0.25, 0.3) is 0 Å². The molecule has 5 heteroatoms. The zero-order valence-electron chi connectivity index (χ0n) is 11.8. The maximum absolute atomic E-state index is 12.4. The van der Waals surface area contributed by atoms with Crippen molar-refractivity contribution in [2.24, 2.45) is 11.8 Å². The molecule has 0 aliphatic carbocycles. The van der Waals surface area contributed by atoms with Crippen LogP contribution in [0.2, 0.25) is 0 Å². The third-order valence-corrected chi connectivity index (χ3v) is 3.47. The van der Waals surface area contributed by atoms with Crippen molar-refractivity contribution in [2.75, 3.05) is 4.90 Å². The van der Waals surface area contributed by atoms with Crippen molar-refractivity contribution in [3.05, 3.63) is 29.8 Å². The van der Waals surface area contributed by atoms with E-state index in [2.05, 4.69) is 5.32 Å². The predicted octanol–water partition coefficient (Wildman–Crippen LogP) is 2.10. The molecule has 1 N–H and O–H groups in total. The fraction of sp³-hybridized carbons (Fsp3) is 0.400. The molecular formula is C15H18N2O3. The molecule has 1 atom stereocenters. The molecule has 0 saturated carbocycles. The van der Waals surface area contributed by atoms with Gasteiger partial charge in [0.15, 0.2) is 0 Å². The van der Waals surface area contributed by atoms with Gasteiger partial charge in [-0.2, -0.15) is 0 Å². The van der Waals surface area contributed by atoms with Gasteiger partial charge in [0, 0.05) is 0 Å². The fourth-order valence-electron chi connectivity index (χ4n) is 2.30. The van der Waals surface area contributed by atoms with Gasteiger partial charge in [0.05, 0.1) is 5.69 Å². The summed E-state index contributed by atoms with van der Waals surface area (Å²) in [6.07, 6.45) is 0.882. The lowest BCUT2D eigenvalue weighted by atomic mass is 9.92. The minimum absolute atomic E-state index is 0.159. The molecule has 1 heterocycles. The van der Waals surface area contributed by atoms with Gasteiger partial charge < -0.3 is 0 Å². The lowest BCUT2D eigenvalue weighted by Crippen LogP contribution is -2.59. The Labute approximate surface area is 118 Å². The van der Waals surface area contributed by atoms with Gasteiger partial charge in [-0.3, -0.25) is 14.9 Å². The highest BCUT2D eigenvalue weighted by atomic mass is 16.2. The molecule has 1 aromatic carbocycles. The van der Waals surface area contributed by atoms with E-state index in [0.29, 0.717) is 5.69 Å². The van der Waals surface area contributed by atoms with E-state index in [0.717, 1.165) is 16.9 Å². The second kappa shape index (κ2) is 5.45. The number of aryl methyl sites for hydroxylation is 1. The molecule has 106 valence electrons. The average molecular weight is 274 g/mol. The lowest BCUT2D eigenvalue weighted by molar-refractivity contribution is -0.136. The second-order valence-electron chi connectivity index (χ2n) is 5.21. The first-order valence-corrected chi connectivity index (χ1v) is 6.73. The highest BCUT2D eigenvalue weighted by molar-refractivity contribution is 6.27. The van der Waals surface area contributed by atoms with Crippen LogP contribution in [-0.4, -0.2) is 17.8 Å². The first-order valence-electron chi connectivity index (χ1n) is 6.73. The number of benzene rings is 1. The van der Waals surface area contributed by atoms with E-state index in [9.17, 15) is 14.4 Å². The maximum Gasteiger partial charge on any atom is 0.335 e. The first kappa shape index (κ1) is 14.2. The monoisotopic (exact) mass is 274 g/mol. The van der Waals surface area contributed by atoms with Gasteiger partial charge >= 0.3 is 6.03 Å². The summed E-state index contributed by atoms with van der Waals surface area (Å²) in [5.74, 6) is -1.96. The summed E-state index contributed by atoms with van der Waals surface area (Å²) in [6.45, 7) is 5.60. The normalized spacial score (nSPS) is 19.5. The molecule has 2 rings (SSSR count). The zero-order valence-corrected chi connectivity index (χ0v) is 11.8. The van der Waals surface area contributed by atoms with E-state index in [1.807, 2.05) is 19.1 Å². The van der Waals surface area contributed by atoms with Crippen molar-refractivity contribution < 1.29 is 14.4 Å². The van der Waals surface area contributed by atoms with E-state index in [1.165, 1.54) is 0 Å². The minimum Gasteiger partial charge on any atom is -0.277 e. The molecule has 1 aliphatic heterocycles. The number of anilines is 1. The van der Waals surface area contributed by atoms with Crippen molar-refractivity contribution >= 4 is 23.5 Å². The standard InChI is InChI=1S/C15H18N2O3/c1-4-10-5-7-11(8-6-10)17-14(19)12(9(2)3)13(18)16-15(17)20/h5-9,12H,4H2,1-3H3,(H,16,18,20). The van der Waals surface area contributed by atoms with Crippen LogP contribution in [0.3, 0.4) is 0 Å². The van der Waals surface area contributed by atoms with Gasteiger partial charge in [0.25, 0.3) is 0 Å². The van der Waals surface area contributed by atoms with Gasteiger partial charge in [-0.25, -0.2) is 9.69 Å². The van der Waals surface area contributed by atoms with Crippen molar-refractivity contribution in [1.29, 1.82) is 0 Å². The Morgan fingerprint density at radius 1 is 1.15 bits per heavy atom. The van der Waals surface area contributed by atoms with E-state index in [1.54, 1.807) is 26.0 Å². The van der Waals surface area contributed by atoms with Gasteiger partial charge in [0.2, 0.25) is 11.8 Å². The van der Waals surface area contributed by atoms with Crippen LogP contribution >= 0.6 is 0 Å². The third-order valence-electron chi connectivity index (χ3n) is 3.47. The molecule has 1 unspecified atom stereocenters. The van der Waals surface area contributed by atoms with Crippen LogP contribution in [0.4, 0.5) is 10.5 Å². The third kappa shape index (κ3) is 2.43. The van der Waals surface area contributed by atoms with Gasteiger partial charge in [-0.1, -0.05) is 32.9 Å². The highest BCUT2D eigenvalue weighted by Gasteiger charge is 2.42. The molecule has 20 heavy (non-hydrogen) atoms. The van der Waals surface area contributed by atoms with Crippen molar-refractivity contribution in [1.82, 2.24) is 5.32 Å². The SMILES string of the molecule is CCc1ccc(N2C(=O)NC(=O)C(C(C)C)C2=O)cc1. The van der Waals surface area contributed by atoms with E-state index in [4.69, 9.17) is 0 Å². The van der Waals surface area contributed by atoms with E-state index >= 15 is 0 Å². The Kier molecular flexibility index (Phi) is 3.88. The Morgan fingerprint density at radius 3 is 2.25 bits per heavy atom. The Hall–Kier alpha value is -2.17. The molecule has 0 spiro atoms. The average Bonchev–Trinajstić information content (AvgIpc) is 2.38. The molecule has 1 aromatic rings. The van der Waals surface area contributed by atoms with Gasteiger partial charge in [-0.05, 0) is 30.0 Å². The number of rotatable bonds is 3. The molecule has 4 amide bonds. The molecule has 0 aromatic heterocycles. The number of carbonyl (C=O) groups excluding carboxylic acids is 3. The van der Waals surface area contributed by atoms with E-state index < -0.39 is 23.8 Å². The summed E-state index contributed by atoms with van der Waals surface area (Å²) < 4.78 is 0. The lowest BCUT2D eigenvalue weighted by Gasteiger charge is -2.31. The summed E-state index contributed by atoms with van der Waals surface area (Å²) in [6, 6.07) is 6.52. The first-order chi connectivity index (χ1) is 9.45. The molecule has 1 aliphatic rings. The van der Waals surface area contributed by atoms with Crippen LogP contribution in [0, 0.1) is 11.8 Å². The maximum atomic E-state index is 12.4. The molecule has 0 bridgehead atoms. The Bertz CT molecular complexity index is 549. The van der Waals surface area contributed by atoms with Crippen LogP contribution in [-0.2, 0) is 16.0 Å². The summed E-state index contributed by atoms with van der Waals surface area (Å²) in [4.78, 5) is 37.1. The molecule has 5 nitrogen and oxygen atoms in total. The molecule has 0 radical (unpaired) electrons. The molecular weight excluding hydrogens is 256 g/mol. The number of imide groups is 2. The minimum atomic E-state index is -0.821. The quantitative estimate of drug-likeness (QED) is 0.858. The summed E-state index contributed by atoms with van der Waals surface area (Å²) in [5, 5.41) is 2.25. The number of nitrogens with zero attached hydrogens (tertiary/aromatic N) is 1. The van der Waals surface area contributed by atoms with Crippen LogP contribution in [0.1, 0.15) is 26.3 Å². The fourth-order valence-corrected chi connectivity index (χ4v) is 2.30. The van der Waals surface area contributed by atoms with Gasteiger partial charge in [0.1, 0.15) is 5.92 Å². The highest BCUT2D eigenvalue weighted by Crippen LogP contribution is 2.24. The summed E-state index contributed by atoms with van der Waals surface area (Å²) in [7, 11) is 0. The summed E-state index contributed by atoms with van der Waals surface area (Å²) >= 11 is 0. The second-order valence-corrected chi connectivity index (χ2v) is 5.21. The number of amides is 4. The Morgan fingerprint density at radius 2 is 1.75 bits per heavy atom. The van der Waals surface area contributed by atoms with Crippen molar-refractivity contribution in [3.63, 3.8) is 0 Å². The van der Waals surface area contributed by atoms with Crippen LogP contribution in [0.15, 0.2) is 24.3 Å². The van der Waals surface area contributed by atoms with Crippen LogP contribution < -0.4 is 10.2 Å². The predicted molar refractivity (Wildman–Crippen MR) is 75.2 cm³/mol. The topological polar surface area (TPSA) is 66.5 Å². The summed E-state index contributed by atoms with van der Waals surface area (Å²) in [5.41, 5.74) is 1.61. The number of barbiturate groups is 1. The van der Waals surface area contributed by atoms with Crippen LogP contribution in [0.5, 0.6) is 0 Å².